The summed E-state index contributed by atoms with van der Waals surface area (Å²) in [5.74, 6) is 0.646. The van der Waals surface area contributed by atoms with Gasteiger partial charge in [-0.25, -0.2) is 4.79 Å². The predicted octanol–water partition coefficient (Wildman–Crippen LogP) is 2.55. The molecule has 1 aromatic carbocycles. The number of nitrogens with one attached hydrogen (secondary N) is 1. The summed E-state index contributed by atoms with van der Waals surface area (Å²) in [4.78, 5) is 11.4. The average molecular weight is 205 g/mol. The lowest BCUT2D eigenvalue weighted by molar-refractivity contribution is 0.199. The van der Waals surface area contributed by atoms with Crippen LogP contribution in [-0.4, -0.2) is 12.1 Å². The van der Waals surface area contributed by atoms with Crippen LogP contribution in [0.1, 0.15) is 24.0 Å². The molecule has 0 radical (unpaired) electrons. The first-order chi connectivity index (χ1) is 7.16. The molecule has 1 saturated carbocycles. The topological polar surface area (TPSA) is 38.3 Å². The molecule has 15 heavy (non-hydrogen) atoms. The van der Waals surface area contributed by atoms with E-state index in [0.717, 1.165) is 24.0 Å². The predicted molar refractivity (Wildman–Crippen MR) is 58.1 cm³/mol. The van der Waals surface area contributed by atoms with Crippen LogP contribution >= 0.6 is 0 Å². The molecule has 0 aromatic heterocycles. The Morgan fingerprint density at radius 2 is 2.13 bits per heavy atom. The second-order valence-corrected chi connectivity index (χ2v) is 4.01. The van der Waals surface area contributed by atoms with E-state index < -0.39 is 0 Å². The molecule has 1 fully saturated rings. The van der Waals surface area contributed by atoms with E-state index in [-0.39, 0.29) is 6.09 Å². The summed E-state index contributed by atoms with van der Waals surface area (Å²) in [6.07, 6.45) is 1.80. The molecule has 0 spiro atoms. The van der Waals surface area contributed by atoms with Gasteiger partial charge < -0.3 is 10.1 Å². The Balaban J connectivity index is 2.02. The molecule has 3 heteroatoms. The highest BCUT2D eigenvalue weighted by molar-refractivity contribution is 5.71. The summed E-state index contributed by atoms with van der Waals surface area (Å²) in [7, 11) is 0. The Morgan fingerprint density at radius 3 is 2.80 bits per heavy atom. The summed E-state index contributed by atoms with van der Waals surface area (Å²) in [5, 5.41) is 2.79. The molecule has 2 rings (SSSR count). The number of carbonyl (C=O) groups is 1. The Kier molecular flexibility index (Phi) is 2.62. The van der Waals surface area contributed by atoms with Crippen molar-refractivity contribution >= 4 is 6.09 Å². The van der Waals surface area contributed by atoms with Gasteiger partial charge in [0.05, 0.1) is 0 Å². The van der Waals surface area contributed by atoms with Crippen molar-refractivity contribution in [3.63, 3.8) is 0 Å². The lowest BCUT2D eigenvalue weighted by Gasteiger charge is -2.09. The fourth-order valence-corrected chi connectivity index (χ4v) is 1.36. The second-order valence-electron chi connectivity index (χ2n) is 4.01. The smallest absolute Gasteiger partial charge is 0.410 e. The number of carbonyl (C=O) groups excluding carboxylic acids is 1. The average Bonchev–Trinajstić information content (AvgIpc) is 2.97. The maximum Gasteiger partial charge on any atom is 0.412 e. The van der Waals surface area contributed by atoms with E-state index in [0.29, 0.717) is 11.8 Å². The van der Waals surface area contributed by atoms with E-state index in [1.807, 2.05) is 32.0 Å². The fraction of sp³-hybridized carbons (Fsp3) is 0.417. The van der Waals surface area contributed by atoms with Gasteiger partial charge in [-0.3, -0.25) is 0 Å². The first kappa shape index (κ1) is 10.0. The van der Waals surface area contributed by atoms with Gasteiger partial charge in [0.15, 0.2) is 0 Å². The lowest BCUT2D eigenvalue weighted by atomic mass is 10.1. The standard InChI is InChI=1S/C12H15NO2/c1-8-4-3-5-11(9(8)2)15-12(14)13-10-6-7-10/h3-5,10H,6-7H2,1-2H3,(H,13,14). The molecule has 0 saturated heterocycles. The van der Waals surface area contributed by atoms with Gasteiger partial charge in [-0.15, -0.1) is 0 Å². The van der Waals surface area contributed by atoms with E-state index in [2.05, 4.69) is 5.32 Å². The maximum absolute atomic E-state index is 11.4. The van der Waals surface area contributed by atoms with Crippen molar-refractivity contribution in [3.8, 4) is 5.75 Å². The highest BCUT2D eigenvalue weighted by Crippen LogP contribution is 2.22. The van der Waals surface area contributed by atoms with E-state index in [1.165, 1.54) is 0 Å². The highest BCUT2D eigenvalue weighted by atomic mass is 16.6. The van der Waals surface area contributed by atoms with Crippen molar-refractivity contribution < 1.29 is 9.53 Å². The molecule has 0 bridgehead atoms. The van der Waals surface area contributed by atoms with Gasteiger partial charge in [-0.1, -0.05) is 12.1 Å². The van der Waals surface area contributed by atoms with Crippen molar-refractivity contribution in [2.75, 3.05) is 0 Å². The van der Waals surface area contributed by atoms with Gasteiger partial charge in [0, 0.05) is 6.04 Å². The molecule has 1 aromatic rings. The van der Waals surface area contributed by atoms with E-state index in [1.54, 1.807) is 0 Å². The third-order valence-corrected chi connectivity index (χ3v) is 2.66. The molecule has 0 unspecified atom stereocenters. The zero-order chi connectivity index (χ0) is 10.8. The van der Waals surface area contributed by atoms with Gasteiger partial charge in [0.2, 0.25) is 0 Å². The number of benzene rings is 1. The lowest BCUT2D eigenvalue weighted by Crippen LogP contribution is -2.28. The molecule has 0 aliphatic heterocycles. The largest absolute Gasteiger partial charge is 0.412 e. The SMILES string of the molecule is Cc1cccc(OC(=O)NC2CC2)c1C. The van der Waals surface area contributed by atoms with E-state index >= 15 is 0 Å². The maximum atomic E-state index is 11.4. The molecule has 3 nitrogen and oxygen atoms in total. The number of hydrogen-bond donors (Lipinski definition) is 1. The number of ether oxygens (including phenoxy) is 1. The van der Waals surface area contributed by atoms with Crippen LogP contribution in [0, 0.1) is 13.8 Å². The number of aryl methyl sites for hydroxylation is 1. The molecule has 0 heterocycles. The molecule has 1 aliphatic rings. The quantitative estimate of drug-likeness (QED) is 0.805. The first-order valence-corrected chi connectivity index (χ1v) is 5.21. The van der Waals surface area contributed by atoms with E-state index in [4.69, 9.17) is 4.74 Å². The highest BCUT2D eigenvalue weighted by Gasteiger charge is 2.24. The van der Waals surface area contributed by atoms with Crippen LogP contribution in [0.4, 0.5) is 4.79 Å². The summed E-state index contributed by atoms with van der Waals surface area (Å²) in [6, 6.07) is 6.04. The van der Waals surface area contributed by atoms with Gasteiger partial charge in [0.1, 0.15) is 5.75 Å². The van der Waals surface area contributed by atoms with Crippen LogP contribution in [0.25, 0.3) is 0 Å². The Morgan fingerprint density at radius 1 is 1.40 bits per heavy atom. The van der Waals surface area contributed by atoms with Crippen LogP contribution < -0.4 is 10.1 Å². The van der Waals surface area contributed by atoms with Crippen LogP contribution in [0.15, 0.2) is 18.2 Å². The van der Waals surface area contributed by atoms with Gasteiger partial charge in [-0.05, 0) is 43.9 Å². The van der Waals surface area contributed by atoms with Gasteiger partial charge in [0.25, 0.3) is 0 Å². The minimum atomic E-state index is -0.341. The van der Waals surface area contributed by atoms with Gasteiger partial charge >= 0.3 is 6.09 Å². The van der Waals surface area contributed by atoms with Crippen LogP contribution in [0.5, 0.6) is 5.75 Å². The number of amides is 1. The minimum Gasteiger partial charge on any atom is -0.410 e. The molecule has 1 amide bonds. The third-order valence-electron chi connectivity index (χ3n) is 2.66. The van der Waals surface area contributed by atoms with Crippen LogP contribution in [-0.2, 0) is 0 Å². The summed E-state index contributed by atoms with van der Waals surface area (Å²) < 4.78 is 5.23. The van der Waals surface area contributed by atoms with Crippen molar-refractivity contribution in [3.05, 3.63) is 29.3 Å². The second kappa shape index (κ2) is 3.93. The molecule has 1 aliphatic carbocycles. The minimum absolute atomic E-state index is 0.336. The van der Waals surface area contributed by atoms with Crippen molar-refractivity contribution in [1.82, 2.24) is 5.32 Å². The zero-order valence-corrected chi connectivity index (χ0v) is 9.04. The van der Waals surface area contributed by atoms with Gasteiger partial charge in [-0.2, -0.15) is 0 Å². The first-order valence-electron chi connectivity index (χ1n) is 5.21. The van der Waals surface area contributed by atoms with Crippen molar-refractivity contribution in [2.45, 2.75) is 32.7 Å². The van der Waals surface area contributed by atoms with Crippen LogP contribution in [0.2, 0.25) is 0 Å². The Hall–Kier alpha value is -1.51. The Labute approximate surface area is 89.4 Å². The number of hydrogen-bond acceptors (Lipinski definition) is 2. The monoisotopic (exact) mass is 205 g/mol. The normalized spacial score (nSPS) is 14.8. The fourth-order valence-electron chi connectivity index (χ4n) is 1.36. The molecule has 0 atom stereocenters. The molecule has 1 N–H and O–H groups in total. The molecular formula is C12H15NO2. The number of rotatable bonds is 2. The summed E-state index contributed by atoms with van der Waals surface area (Å²) in [5.41, 5.74) is 2.15. The zero-order valence-electron chi connectivity index (χ0n) is 9.04. The van der Waals surface area contributed by atoms with Crippen molar-refractivity contribution in [1.29, 1.82) is 0 Å². The van der Waals surface area contributed by atoms with Crippen molar-refractivity contribution in [2.24, 2.45) is 0 Å². The summed E-state index contributed by atoms with van der Waals surface area (Å²) >= 11 is 0. The molecular weight excluding hydrogens is 190 g/mol. The third kappa shape index (κ3) is 2.49. The Bertz CT molecular complexity index is 383. The summed E-state index contributed by atoms with van der Waals surface area (Å²) in [6.45, 7) is 3.95. The molecule has 80 valence electrons. The van der Waals surface area contributed by atoms with Crippen LogP contribution in [0.3, 0.4) is 0 Å². The van der Waals surface area contributed by atoms with E-state index in [9.17, 15) is 4.79 Å².